The number of hydrogen-bond acceptors (Lipinski definition) is 5. The Balaban J connectivity index is 1.95. The van der Waals surface area contributed by atoms with Crippen molar-refractivity contribution in [1.82, 2.24) is 9.80 Å². The minimum Gasteiger partial charge on any atom is -0.444 e. The van der Waals surface area contributed by atoms with Crippen LogP contribution in [0.5, 0.6) is 0 Å². The van der Waals surface area contributed by atoms with Crippen LogP contribution >= 0.6 is 22.6 Å². The number of benzene rings is 1. The fraction of sp³-hybridized carbons (Fsp3) is 0.588. The molecule has 0 bridgehead atoms. The summed E-state index contributed by atoms with van der Waals surface area (Å²) in [5.41, 5.74) is 2.01. The van der Waals surface area contributed by atoms with Crippen molar-refractivity contribution >= 4 is 41.3 Å². The highest BCUT2D eigenvalue weighted by atomic mass is 127. The van der Waals surface area contributed by atoms with E-state index in [4.69, 9.17) is 4.74 Å². The molecule has 1 fully saturated rings. The first-order valence-corrected chi connectivity index (χ1v) is 9.50. The van der Waals surface area contributed by atoms with Gasteiger partial charge in [-0.3, -0.25) is 4.90 Å². The average molecular weight is 460 g/mol. The van der Waals surface area contributed by atoms with Crippen molar-refractivity contribution in [3.05, 3.63) is 26.8 Å². The van der Waals surface area contributed by atoms with Crippen LogP contribution < -0.4 is 5.46 Å². The number of nitrogens with zero attached hydrogens (tertiary/aromatic N) is 2. The highest BCUT2D eigenvalue weighted by Crippen LogP contribution is 2.16. The van der Waals surface area contributed by atoms with Gasteiger partial charge in [0.05, 0.1) is 0 Å². The Morgan fingerprint density at radius 2 is 1.84 bits per heavy atom. The number of rotatable bonds is 3. The van der Waals surface area contributed by atoms with Crippen LogP contribution in [0.25, 0.3) is 0 Å². The van der Waals surface area contributed by atoms with E-state index >= 15 is 0 Å². The smallest absolute Gasteiger partial charge is 0.444 e. The van der Waals surface area contributed by atoms with E-state index in [9.17, 15) is 14.8 Å². The lowest BCUT2D eigenvalue weighted by Gasteiger charge is -2.35. The van der Waals surface area contributed by atoms with Gasteiger partial charge in [0.15, 0.2) is 0 Å². The van der Waals surface area contributed by atoms with Gasteiger partial charge < -0.3 is 19.7 Å². The van der Waals surface area contributed by atoms with E-state index in [0.29, 0.717) is 18.6 Å². The van der Waals surface area contributed by atoms with Crippen LogP contribution in [0.3, 0.4) is 0 Å². The van der Waals surface area contributed by atoms with Crippen molar-refractivity contribution < 1.29 is 19.6 Å². The van der Waals surface area contributed by atoms with Gasteiger partial charge in [0.1, 0.15) is 5.60 Å². The standard InChI is InChI=1S/C17H26BIN2O4/c1-12-14(18(23)24)9-13(10-15(12)19)11-20-5-7-21(8-6-20)16(22)25-17(2,3)4/h9-10,23-24H,5-8,11H2,1-4H3. The fourth-order valence-corrected chi connectivity index (χ4v) is 3.50. The lowest BCUT2D eigenvalue weighted by Crippen LogP contribution is -2.49. The third kappa shape index (κ3) is 5.84. The molecule has 1 aromatic rings. The number of amides is 1. The summed E-state index contributed by atoms with van der Waals surface area (Å²) in [6.07, 6.45) is -0.261. The molecule has 1 aliphatic heterocycles. The highest BCUT2D eigenvalue weighted by molar-refractivity contribution is 14.1. The van der Waals surface area contributed by atoms with Crippen molar-refractivity contribution in [3.63, 3.8) is 0 Å². The molecule has 1 aliphatic rings. The van der Waals surface area contributed by atoms with Gasteiger partial charge in [-0.15, -0.1) is 0 Å². The Morgan fingerprint density at radius 3 is 2.36 bits per heavy atom. The van der Waals surface area contributed by atoms with Crippen LogP contribution in [-0.2, 0) is 11.3 Å². The van der Waals surface area contributed by atoms with Gasteiger partial charge in [-0.05, 0) is 72.9 Å². The van der Waals surface area contributed by atoms with Gasteiger partial charge in [0, 0.05) is 36.3 Å². The highest BCUT2D eigenvalue weighted by Gasteiger charge is 2.26. The molecule has 0 aromatic heterocycles. The third-order valence-electron chi connectivity index (χ3n) is 4.15. The molecular formula is C17H26BIN2O4. The molecule has 8 heteroatoms. The molecule has 1 aromatic carbocycles. The molecule has 0 unspecified atom stereocenters. The summed E-state index contributed by atoms with van der Waals surface area (Å²) in [6.45, 7) is 11.0. The van der Waals surface area contributed by atoms with Crippen molar-refractivity contribution in [2.75, 3.05) is 26.2 Å². The molecule has 1 amide bonds. The zero-order valence-electron chi connectivity index (χ0n) is 15.3. The van der Waals surface area contributed by atoms with Gasteiger partial charge in [0.25, 0.3) is 0 Å². The predicted octanol–water partition coefficient (Wildman–Crippen LogP) is 1.33. The first-order valence-electron chi connectivity index (χ1n) is 8.42. The van der Waals surface area contributed by atoms with Gasteiger partial charge >= 0.3 is 13.2 Å². The van der Waals surface area contributed by atoms with Gasteiger partial charge in [-0.2, -0.15) is 0 Å². The van der Waals surface area contributed by atoms with Crippen LogP contribution in [0.4, 0.5) is 4.79 Å². The molecule has 0 spiro atoms. The first-order chi connectivity index (χ1) is 11.6. The Kier molecular flexibility index (Phi) is 6.75. The van der Waals surface area contributed by atoms with E-state index in [1.54, 1.807) is 4.90 Å². The molecular weight excluding hydrogens is 434 g/mol. The van der Waals surface area contributed by atoms with Crippen LogP contribution in [0.1, 0.15) is 31.9 Å². The van der Waals surface area contributed by atoms with E-state index in [0.717, 1.165) is 34.3 Å². The molecule has 1 heterocycles. The molecule has 0 atom stereocenters. The molecule has 25 heavy (non-hydrogen) atoms. The van der Waals surface area contributed by atoms with Crippen molar-refractivity contribution in [2.45, 2.75) is 39.8 Å². The van der Waals surface area contributed by atoms with E-state index in [1.165, 1.54) is 0 Å². The topological polar surface area (TPSA) is 73.2 Å². The maximum absolute atomic E-state index is 12.1. The summed E-state index contributed by atoms with van der Waals surface area (Å²) < 4.78 is 6.43. The monoisotopic (exact) mass is 460 g/mol. The van der Waals surface area contributed by atoms with Crippen LogP contribution in [-0.4, -0.2) is 64.8 Å². The number of halogens is 1. The van der Waals surface area contributed by atoms with Crippen molar-refractivity contribution in [2.24, 2.45) is 0 Å². The van der Waals surface area contributed by atoms with Crippen molar-refractivity contribution in [1.29, 1.82) is 0 Å². The number of carbonyl (C=O) groups excluding carboxylic acids is 1. The van der Waals surface area contributed by atoms with Gasteiger partial charge in [0.2, 0.25) is 0 Å². The summed E-state index contributed by atoms with van der Waals surface area (Å²) in [7, 11) is -1.46. The maximum atomic E-state index is 12.1. The van der Waals surface area contributed by atoms with E-state index < -0.39 is 12.7 Å². The maximum Gasteiger partial charge on any atom is 0.488 e. The summed E-state index contributed by atoms with van der Waals surface area (Å²) >= 11 is 2.22. The summed E-state index contributed by atoms with van der Waals surface area (Å²) in [5.74, 6) is 0. The predicted molar refractivity (Wildman–Crippen MR) is 107 cm³/mol. The molecule has 2 rings (SSSR count). The quantitative estimate of drug-likeness (QED) is 0.527. The Morgan fingerprint density at radius 1 is 1.24 bits per heavy atom. The van der Waals surface area contributed by atoms with Gasteiger partial charge in [-0.25, -0.2) is 4.79 Å². The molecule has 6 nitrogen and oxygen atoms in total. The number of carbonyl (C=O) groups is 1. The van der Waals surface area contributed by atoms with Crippen LogP contribution in [0, 0.1) is 10.5 Å². The zero-order valence-corrected chi connectivity index (χ0v) is 17.4. The van der Waals surface area contributed by atoms with Gasteiger partial charge in [-0.1, -0.05) is 6.07 Å². The SMILES string of the molecule is Cc1c(I)cc(CN2CCN(C(=O)OC(C)(C)C)CC2)cc1B(O)O. The lowest BCUT2D eigenvalue weighted by molar-refractivity contribution is 0.0139. The third-order valence-corrected chi connectivity index (χ3v) is 5.27. The van der Waals surface area contributed by atoms with Crippen LogP contribution in [0.2, 0.25) is 0 Å². The average Bonchev–Trinajstić information content (AvgIpc) is 2.49. The minimum atomic E-state index is -1.46. The van der Waals surface area contributed by atoms with Crippen molar-refractivity contribution in [3.8, 4) is 0 Å². The molecule has 0 radical (unpaired) electrons. The van der Waals surface area contributed by atoms with E-state index in [1.807, 2.05) is 33.8 Å². The molecule has 0 saturated carbocycles. The van der Waals surface area contributed by atoms with E-state index in [2.05, 4.69) is 33.6 Å². The van der Waals surface area contributed by atoms with E-state index in [-0.39, 0.29) is 6.09 Å². The lowest BCUT2D eigenvalue weighted by atomic mass is 9.76. The second-order valence-corrected chi connectivity index (χ2v) is 8.57. The number of hydrogen-bond donors (Lipinski definition) is 2. The summed E-state index contributed by atoms with van der Waals surface area (Å²) in [6, 6.07) is 3.92. The second kappa shape index (κ2) is 8.24. The molecule has 1 saturated heterocycles. The minimum absolute atomic E-state index is 0.261. The van der Waals surface area contributed by atoms with Crippen LogP contribution in [0.15, 0.2) is 12.1 Å². The fourth-order valence-electron chi connectivity index (χ4n) is 2.79. The number of piperazine rings is 1. The second-order valence-electron chi connectivity index (χ2n) is 7.41. The Hall–Kier alpha value is -0.835. The number of ether oxygens (including phenoxy) is 1. The Labute approximate surface area is 163 Å². The largest absolute Gasteiger partial charge is 0.488 e. The summed E-state index contributed by atoms with van der Waals surface area (Å²) in [4.78, 5) is 16.1. The zero-order chi connectivity index (χ0) is 18.8. The Bertz CT molecular complexity index is 626. The molecule has 2 N–H and O–H groups in total. The first kappa shape index (κ1) is 20.5. The molecule has 0 aliphatic carbocycles. The normalized spacial score (nSPS) is 16.0. The molecule has 138 valence electrons. The summed E-state index contributed by atoms with van der Waals surface area (Å²) in [5, 5.41) is 19.1.